The minimum Gasteiger partial charge on any atom is -0.396 e. The number of anilines is 1. The van der Waals surface area contributed by atoms with Gasteiger partial charge in [0.05, 0.1) is 5.69 Å². The van der Waals surface area contributed by atoms with Gasteiger partial charge in [-0.25, -0.2) is 0 Å². The SMILES string of the molecule is N#Cc1nn(-c2ccc(Cl)cc2)nc1N1CCCCC1CCO. The Morgan fingerprint density at radius 3 is 2.74 bits per heavy atom. The normalized spacial score (nSPS) is 18.0. The third-order valence-corrected chi connectivity index (χ3v) is 4.37. The Kier molecular flexibility index (Phi) is 4.79. The number of aliphatic hydroxyl groups excluding tert-OH is 1. The van der Waals surface area contributed by atoms with Crippen molar-refractivity contribution in [3.63, 3.8) is 0 Å². The molecule has 1 aliphatic heterocycles. The van der Waals surface area contributed by atoms with Crippen LogP contribution in [0.1, 0.15) is 31.4 Å². The van der Waals surface area contributed by atoms with Crippen molar-refractivity contribution in [1.82, 2.24) is 15.0 Å². The molecule has 1 aromatic heterocycles. The molecule has 0 radical (unpaired) electrons. The van der Waals surface area contributed by atoms with Gasteiger partial charge >= 0.3 is 0 Å². The first-order chi connectivity index (χ1) is 11.2. The van der Waals surface area contributed by atoms with Crippen LogP contribution in [0.25, 0.3) is 5.69 Å². The molecule has 23 heavy (non-hydrogen) atoms. The van der Waals surface area contributed by atoms with Gasteiger partial charge in [-0.2, -0.15) is 5.26 Å². The van der Waals surface area contributed by atoms with Crippen LogP contribution >= 0.6 is 11.6 Å². The van der Waals surface area contributed by atoms with E-state index < -0.39 is 0 Å². The zero-order valence-corrected chi connectivity index (χ0v) is 13.4. The molecule has 7 heteroatoms. The summed E-state index contributed by atoms with van der Waals surface area (Å²) in [4.78, 5) is 3.58. The summed E-state index contributed by atoms with van der Waals surface area (Å²) < 4.78 is 0. The largest absolute Gasteiger partial charge is 0.396 e. The highest BCUT2D eigenvalue weighted by Gasteiger charge is 2.27. The van der Waals surface area contributed by atoms with Crippen molar-refractivity contribution in [3.05, 3.63) is 35.0 Å². The summed E-state index contributed by atoms with van der Waals surface area (Å²) in [5.74, 6) is 0.598. The van der Waals surface area contributed by atoms with E-state index in [9.17, 15) is 10.4 Å². The van der Waals surface area contributed by atoms with E-state index in [1.54, 1.807) is 12.1 Å². The van der Waals surface area contributed by atoms with Gasteiger partial charge in [-0.15, -0.1) is 15.0 Å². The summed E-state index contributed by atoms with van der Waals surface area (Å²) in [6, 6.07) is 9.50. The highest BCUT2D eigenvalue weighted by atomic mass is 35.5. The molecule has 1 fully saturated rings. The lowest BCUT2D eigenvalue weighted by Gasteiger charge is -2.35. The van der Waals surface area contributed by atoms with Crippen LogP contribution in [0.5, 0.6) is 0 Å². The molecule has 1 aromatic carbocycles. The number of rotatable bonds is 4. The Bertz CT molecular complexity index is 704. The summed E-state index contributed by atoms with van der Waals surface area (Å²) in [5.41, 5.74) is 1.07. The van der Waals surface area contributed by atoms with Crippen molar-refractivity contribution in [2.45, 2.75) is 31.7 Å². The van der Waals surface area contributed by atoms with Gasteiger partial charge in [-0.05, 0) is 49.9 Å². The molecule has 1 atom stereocenters. The number of halogens is 1. The summed E-state index contributed by atoms with van der Waals surface area (Å²) in [5, 5.41) is 28.1. The van der Waals surface area contributed by atoms with Gasteiger partial charge in [0.2, 0.25) is 5.69 Å². The number of hydrogen-bond donors (Lipinski definition) is 1. The van der Waals surface area contributed by atoms with Crippen LogP contribution in [0, 0.1) is 11.3 Å². The highest BCUT2D eigenvalue weighted by Crippen LogP contribution is 2.27. The van der Waals surface area contributed by atoms with E-state index in [2.05, 4.69) is 21.2 Å². The Hall–Kier alpha value is -2.10. The van der Waals surface area contributed by atoms with Crippen LogP contribution in [-0.2, 0) is 0 Å². The van der Waals surface area contributed by atoms with E-state index >= 15 is 0 Å². The molecule has 2 heterocycles. The van der Waals surface area contributed by atoms with Crippen LogP contribution in [0.2, 0.25) is 5.02 Å². The average Bonchev–Trinajstić information content (AvgIpc) is 3.00. The van der Waals surface area contributed by atoms with E-state index in [-0.39, 0.29) is 12.6 Å². The van der Waals surface area contributed by atoms with E-state index in [4.69, 9.17) is 11.6 Å². The smallest absolute Gasteiger partial charge is 0.207 e. The minimum atomic E-state index is 0.133. The van der Waals surface area contributed by atoms with Crippen molar-refractivity contribution in [3.8, 4) is 11.8 Å². The Morgan fingerprint density at radius 1 is 1.26 bits per heavy atom. The Labute approximate surface area is 139 Å². The van der Waals surface area contributed by atoms with Gasteiger partial charge < -0.3 is 10.0 Å². The van der Waals surface area contributed by atoms with Crippen LogP contribution in [0.4, 0.5) is 5.82 Å². The third kappa shape index (κ3) is 3.31. The summed E-state index contributed by atoms with van der Waals surface area (Å²) in [6.45, 7) is 0.965. The minimum absolute atomic E-state index is 0.133. The van der Waals surface area contributed by atoms with Crippen LogP contribution in [0.15, 0.2) is 24.3 Å². The summed E-state index contributed by atoms with van der Waals surface area (Å²) in [6.07, 6.45) is 3.87. The molecule has 120 valence electrons. The molecule has 0 spiro atoms. The zero-order valence-electron chi connectivity index (χ0n) is 12.7. The van der Waals surface area contributed by atoms with E-state index in [1.807, 2.05) is 12.1 Å². The number of piperidine rings is 1. The molecule has 0 bridgehead atoms. The molecule has 1 unspecified atom stereocenters. The molecule has 1 aliphatic rings. The molecule has 0 amide bonds. The first-order valence-corrected chi connectivity index (χ1v) is 8.11. The molecule has 0 aliphatic carbocycles. The second kappa shape index (κ2) is 6.99. The number of aliphatic hydroxyl groups is 1. The lowest BCUT2D eigenvalue weighted by atomic mass is 9.99. The number of hydrogen-bond acceptors (Lipinski definition) is 5. The first kappa shape index (κ1) is 15.8. The number of benzene rings is 1. The molecule has 1 N–H and O–H groups in total. The fourth-order valence-electron chi connectivity index (χ4n) is 2.98. The van der Waals surface area contributed by atoms with E-state index in [1.165, 1.54) is 4.80 Å². The maximum atomic E-state index is 9.41. The van der Waals surface area contributed by atoms with Gasteiger partial charge in [-0.1, -0.05) is 11.6 Å². The molecular formula is C16H18ClN5O. The van der Waals surface area contributed by atoms with Gasteiger partial charge in [0, 0.05) is 24.2 Å². The number of nitriles is 1. The monoisotopic (exact) mass is 331 g/mol. The summed E-state index contributed by atoms with van der Waals surface area (Å²) in [7, 11) is 0. The van der Waals surface area contributed by atoms with Crippen molar-refractivity contribution < 1.29 is 5.11 Å². The average molecular weight is 332 g/mol. The predicted molar refractivity (Wildman–Crippen MR) is 87.8 cm³/mol. The van der Waals surface area contributed by atoms with Crippen molar-refractivity contribution in [2.75, 3.05) is 18.1 Å². The van der Waals surface area contributed by atoms with Gasteiger partial charge in [0.25, 0.3) is 0 Å². The maximum absolute atomic E-state index is 9.41. The summed E-state index contributed by atoms with van der Waals surface area (Å²) >= 11 is 5.90. The second-order valence-electron chi connectivity index (χ2n) is 5.61. The number of aromatic nitrogens is 3. The topological polar surface area (TPSA) is 78.0 Å². The molecule has 6 nitrogen and oxygen atoms in total. The molecule has 0 saturated carbocycles. The Morgan fingerprint density at radius 2 is 2.04 bits per heavy atom. The lowest BCUT2D eigenvalue weighted by Crippen LogP contribution is -2.40. The molecule has 2 aromatic rings. The standard InChI is InChI=1S/C16H18ClN5O/c17-12-4-6-14(7-5-12)22-19-15(11-18)16(20-22)21-9-2-1-3-13(21)8-10-23/h4-7,13,23H,1-3,8-10H2. The molecule has 3 rings (SSSR count). The fraction of sp³-hybridized carbons (Fsp3) is 0.438. The Balaban J connectivity index is 1.95. The molecular weight excluding hydrogens is 314 g/mol. The number of nitrogens with zero attached hydrogens (tertiary/aromatic N) is 5. The van der Waals surface area contributed by atoms with Crippen molar-refractivity contribution in [1.29, 1.82) is 5.26 Å². The van der Waals surface area contributed by atoms with E-state index in [0.717, 1.165) is 31.5 Å². The van der Waals surface area contributed by atoms with Gasteiger partial charge in [0.1, 0.15) is 6.07 Å². The highest BCUT2D eigenvalue weighted by molar-refractivity contribution is 6.30. The lowest BCUT2D eigenvalue weighted by molar-refractivity contribution is 0.262. The van der Waals surface area contributed by atoms with Crippen LogP contribution in [0.3, 0.4) is 0 Å². The first-order valence-electron chi connectivity index (χ1n) is 7.74. The maximum Gasteiger partial charge on any atom is 0.207 e. The second-order valence-corrected chi connectivity index (χ2v) is 6.04. The van der Waals surface area contributed by atoms with Crippen LogP contribution in [-0.4, -0.2) is 39.3 Å². The van der Waals surface area contributed by atoms with Crippen molar-refractivity contribution in [2.24, 2.45) is 0 Å². The fourth-order valence-corrected chi connectivity index (χ4v) is 3.11. The van der Waals surface area contributed by atoms with Crippen molar-refractivity contribution >= 4 is 17.4 Å². The zero-order chi connectivity index (χ0) is 16.2. The quantitative estimate of drug-likeness (QED) is 0.931. The third-order valence-electron chi connectivity index (χ3n) is 4.12. The van der Waals surface area contributed by atoms with Gasteiger partial charge in [0.15, 0.2) is 5.82 Å². The van der Waals surface area contributed by atoms with E-state index in [0.29, 0.717) is 23.0 Å². The van der Waals surface area contributed by atoms with Gasteiger partial charge in [-0.3, -0.25) is 0 Å². The van der Waals surface area contributed by atoms with Crippen LogP contribution < -0.4 is 4.90 Å². The predicted octanol–water partition coefficient (Wildman–Crippen LogP) is 2.53. The molecule has 1 saturated heterocycles.